The molecule has 2 fully saturated rings. The van der Waals surface area contributed by atoms with Crippen molar-refractivity contribution in [3.05, 3.63) is 40.3 Å². The van der Waals surface area contributed by atoms with Gasteiger partial charge in [-0.3, -0.25) is 19.2 Å². The highest BCUT2D eigenvalue weighted by Crippen LogP contribution is 2.43. The van der Waals surface area contributed by atoms with Gasteiger partial charge in [0.2, 0.25) is 5.91 Å². The van der Waals surface area contributed by atoms with Crippen molar-refractivity contribution in [1.82, 2.24) is 24.7 Å². The Hall–Kier alpha value is -3.27. The van der Waals surface area contributed by atoms with Crippen LogP contribution < -0.4 is 5.56 Å². The molecule has 2 aromatic rings. The third kappa shape index (κ3) is 4.43. The van der Waals surface area contributed by atoms with E-state index in [-0.39, 0.29) is 35.3 Å². The summed E-state index contributed by atoms with van der Waals surface area (Å²) in [4.78, 5) is 58.6. The number of rotatable bonds is 3. The molecule has 0 unspecified atom stereocenters. The monoisotopic (exact) mass is 429 g/mol. The van der Waals surface area contributed by atoms with E-state index in [1.807, 2.05) is 31.1 Å². The molecular weight excluding hydrogens is 402 g/mol. The van der Waals surface area contributed by atoms with Crippen molar-refractivity contribution in [2.75, 3.05) is 46.8 Å². The third-order valence-electron chi connectivity index (χ3n) is 5.92. The van der Waals surface area contributed by atoms with Gasteiger partial charge >= 0.3 is 0 Å². The van der Waals surface area contributed by atoms with E-state index < -0.39 is 5.56 Å². The second-order valence-electron chi connectivity index (χ2n) is 8.42. The van der Waals surface area contributed by atoms with Gasteiger partial charge in [-0.25, -0.2) is 4.98 Å². The molecule has 2 N–H and O–H groups in total. The molecule has 10 heteroatoms. The molecule has 0 aliphatic carbocycles. The Labute approximate surface area is 179 Å². The number of amides is 2. The van der Waals surface area contributed by atoms with Gasteiger partial charge in [0.15, 0.2) is 5.69 Å². The second kappa shape index (κ2) is 8.84. The quantitative estimate of drug-likeness (QED) is 0.663. The number of H-pyrrole nitrogens is 1. The summed E-state index contributed by atoms with van der Waals surface area (Å²) in [5, 5.41) is 6.89. The molecule has 0 saturated carbocycles. The standard InChI is InChI=1S/C20H25N5O3.CH2O2/c1-13(26)24-8-14-9-25(12-20(14,11-24)10-23(2)3)19(28)17-18(27)22-16-7-5-4-6-15(16)21-17;2-1-3/h4-7,14H,8-12H2,1-3H3,(H,22,27);1H,(H,2,3)/t14-,20+;/m1./s1. The summed E-state index contributed by atoms with van der Waals surface area (Å²) < 4.78 is 0. The molecule has 2 aliphatic rings. The van der Waals surface area contributed by atoms with E-state index in [1.54, 1.807) is 24.0 Å². The number of para-hydroxylation sites is 2. The molecule has 1 aromatic heterocycles. The lowest BCUT2D eigenvalue weighted by atomic mass is 9.80. The van der Waals surface area contributed by atoms with Gasteiger partial charge in [-0.15, -0.1) is 0 Å². The van der Waals surface area contributed by atoms with E-state index in [2.05, 4.69) is 14.9 Å². The lowest BCUT2D eigenvalue weighted by Gasteiger charge is -2.31. The lowest BCUT2D eigenvalue weighted by molar-refractivity contribution is -0.128. The number of hydrogen-bond acceptors (Lipinski definition) is 6. The van der Waals surface area contributed by atoms with Crippen molar-refractivity contribution in [3.63, 3.8) is 0 Å². The molecule has 2 atom stereocenters. The molecule has 0 spiro atoms. The Kier molecular flexibility index (Phi) is 6.40. The van der Waals surface area contributed by atoms with E-state index in [4.69, 9.17) is 9.90 Å². The number of nitrogens with zero attached hydrogens (tertiary/aromatic N) is 4. The number of hydrogen-bond donors (Lipinski definition) is 2. The van der Waals surface area contributed by atoms with E-state index >= 15 is 0 Å². The number of fused-ring (bicyclic) bond motifs is 2. The third-order valence-corrected chi connectivity index (χ3v) is 5.92. The van der Waals surface area contributed by atoms with Crippen LogP contribution in [0, 0.1) is 11.3 Å². The van der Waals surface area contributed by atoms with Crippen molar-refractivity contribution in [2.45, 2.75) is 6.92 Å². The van der Waals surface area contributed by atoms with Crippen molar-refractivity contribution in [3.8, 4) is 0 Å². The first kappa shape index (κ1) is 22.4. The summed E-state index contributed by atoms with van der Waals surface area (Å²) in [6, 6.07) is 7.18. The highest BCUT2D eigenvalue weighted by atomic mass is 16.3. The lowest BCUT2D eigenvalue weighted by Crippen LogP contribution is -2.44. The number of aromatic nitrogens is 2. The van der Waals surface area contributed by atoms with E-state index in [0.29, 0.717) is 37.2 Å². The largest absolute Gasteiger partial charge is 0.483 e. The van der Waals surface area contributed by atoms with Gasteiger partial charge in [0.25, 0.3) is 17.9 Å². The Morgan fingerprint density at radius 1 is 1.26 bits per heavy atom. The number of aromatic amines is 1. The molecule has 2 aliphatic heterocycles. The maximum atomic E-state index is 13.1. The van der Waals surface area contributed by atoms with Crippen LogP contribution in [-0.2, 0) is 9.59 Å². The first-order valence-corrected chi connectivity index (χ1v) is 9.97. The zero-order chi connectivity index (χ0) is 22.8. The molecule has 10 nitrogen and oxygen atoms in total. The molecule has 0 bridgehead atoms. The summed E-state index contributed by atoms with van der Waals surface area (Å²) in [6.45, 7) is 4.46. The smallest absolute Gasteiger partial charge is 0.290 e. The summed E-state index contributed by atoms with van der Waals surface area (Å²) in [5.41, 5.74) is 0.503. The van der Waals surface area contributed by atoms with Gasteiger partial charge in [0.1, 0.15) is 0 Å². The zero-order valence-corrected chi connectivity index (χ0v) is 17.9. The van der Waals surface area contributed by atoms with Crippen LogP contribution in [0.5, 0.6) is 0 Å². The minimum absolute atomic E-state index is 0.0675. The van der Waals surface area contributed by atoms with E-state index in [1.165, 1.54) is 0 Å². The maximum Gasteiger partial charge on any atom is 0.290 e. The van der Waals surface area contributed by atoms with Crippen molar-refractivity contribution in [1.29, 1.82) is 0 Å². The predicted octanol–water partition coefficient (Wildman–Crippen LogP) is 0.106. The SMILES string of the molecule is CC(=O)N1C[C@@H]2CN(C(=O)c3nc4ccccc4[nH]c3=O)C[C@]2(CN(C)C)C1.O=CO. The molecule has 0 radical (unpaired) electrons. The fourth-order valence-electron chi connectivity index (χ4n) is 4.75. The van der Waals surface area contributed by atoms with Crippen LogP contribution in [-0.4, -0.2) is 94.9 Å². The molecule has 1 aromatic carbocycles. The van der Waals surface area contributed by atoms with Crippen molar-refractivity contribution < 1.29 is 19.5 Å². The Morgan fingerprint density at radius 3 is 2.52 bits per heavy atom. The molecular formula is C21H27N5O5. The molecule has 2 amide bonds. The number of likely N-dealkylation sites (tertiary alicyclic amines) is 2. The minimum Gasteiger partial charge on any atom is -0.483 e. The summed E-state index contributed by atoms with van der Waals surface area (Å²) >= 11 is 0. The van der Waals surface area contributed by atoms with Crippen LogP contribution in [0.15, 0.2) is 29.1 Å². The molecule has 3 heterocycles. The van der Waals surface area contributed by atoms with E-state index in [0.717, 1.165) is 6.54 Å². The minimum atomic E-state index is -0.465. The topological polar surface area (TPSA) is 127 Å². The number of nitrogens with one attached hydrogen (secondary N) is 1. The fraction of sp³-hybridized carbons (Fsp3) is 0.476. The van der Waals surface area contributed by atoms with Gasteiger partial charge in [0, 0.05) is 51.0 Å². The van der Waals surface area contributed by atoms with Crippen LogP contribution >= 0.6 is 0 Å². The van der Waals surface area contributed by atoms with Crippen LogP contribution in [0.3, 0.4) is 0 Å². The van der Waals surface area contributed by atoms with Crippen LogP contribution in [0.25, 0.3) is 11.0 Å². The second-order valence-corrected chi connectivity index (χ2v) is 8.42. The van der Waals surface area contributed by atoms with Crippen LogP contribution in [0.4, 0.5) is 0 Å². The molecule has 4 rings (SSSR count). The normalized spacial score (nSPS) is 22.3. The first-order chi connectivity index (χ1) is 14.7. The Morgan fingerprint density at radius 2 is 1.87 bits per heavy atom. The number of benzene rings is 1. The summed E-state index contributed by atoms with van der Waals surface area (Å²) in [7, 11) is 4.00. The highest BCUT2D eigenvalue weighted by molar-refractivity contribution is 5.94. The van der Waals surface area contributed by atoms with Gasteiger partial charge < -0.3 is 24.8 Å². The van der Waals surface area contributed by atoms with Crippen LogP contribution in [0.2, 0.25) is 0 Å². The first-order valence-electron chi connectivity index (χ1n) is 9.97. The van der Waals surface area contributed by atoms with Gasteiger partial charge in [-0.05, 0) is 26.2 Å². The maximum absolute atomic E-state index is 13.1. The number of carbonyl (C=O) groups is 3. The summed E-state index contributed by atoms with van der Waals surface area (Å²) in [5.74, 6) is -0.0748. The number of carbonyl (C=O) groups excluding carboxylic acids is 2. The average molecular weight is 429 g/mol. The van der Waals surface area contributed by atoms with Crippen molar-refractivity contribution >= 4 is 29.3 Å². The van der Waals surface area contributed by atoms with Gasteiger partial charge in [-0.1, -0.05) is 12.1 Å². The zero-order valence-electron chi connectivity index (χ0n) is 17.9. The molecule has 2 saturated heterocycles. The Bertz CT molecular complexity index is 1050. The number of carboxylic acid groups (broad SMARTS) is 1. The van der Waals surface area contributed by atoms with Gasteiger partial charge in [-0.2, -0.15) is 0 Å². The van der Waals surface area contributed by atoms with Gasteiger partial charge in [0.05, 0.1) is 11.0 Å². The fourth-order valence-corrected chi connectivity index (χ4v) is 4.75. The van der Waals surface area contributed by atoms with Crippen molar-refractivity contribution in [2.24, 2.45) is 11.3 Å². The summed E-state index contributed by atoms with van der Waals surface area (Å²) in [6.07, 6.45) is 0. The molecule has 166 valence electrons. The highest BCUT2D eigenvalue weighted by Gasteiger charge is 2.54. The predicted molar refractivity (Wildman–Crippen MR) is 114 cm³/mol. The average Bonchev–Trinajstić information content (AvgIpc) is 3.21. The Balaban J connectivity index is 0.000000858. The van der Waals surface area contributed by atoms with Crippen LogP contribution in [0.1, 0.15) is 17.4 Å². The van der Waals surface area contributed by atoms with E-state index in [9.17, 15) is 14.4 Å². The molecule has 31 heavy (non-hydrogen) atoms.